The molecule has 2 aliphatic heterocycles. The summed E-state index contributed by atoms with van der Waals surface area (Å²) in [7, 11) is -1.78. The van der Waals surface area contributed by atoms with E-state index in [9.17, 15) is 0 Å². The number of hydrogen-bond donors (Lipinski definition) is 0. The van der Waals surface area contributed by atoms with Crippen molar-refractivity contribution in [1.82, 2.24) is 4.90 Å². The van der Waals surface area contributed by atoms with Gasteiger partial charge in [-0.1, -0.05) is 112 Å². The van der Waals surface area contributed by atoms with E-state index in [1.54, 1.807) is 0 Å². The predicted octanol–water partition coefficient (Wildman–Crippen LogP) is 8.01. The molecule has 38 heavy (non-hydrogen) atoms. The van der Waals surface area contributed by atoms with Gasteiger partial charge in [0, 0.05) is 18.2 Å². The number of hydrogen-bond acceptors (Lipinski definition) is 3. The SMILES string of the molecule is CC(C)(C)[Si](C)(C)OC[C@@H]1CC[C@]2(COC(c3ccccc3)(c3ccccc3)c3ccccc3)CCCN12. The van der Waals surface area contributed by atoms with E-state index in [1.807, 2.05) is 0 Å². The highest BCUT2D eigenvalue weighted by molar-refractivity contribution is 6.74. The van der Waals surface area contributed by atoms with Crippen molar-refractivity contribution in [3.63, 3.8) is 0 Å². The van der Waals surface area contributed by atoms with Gasteiger partial charge in [-0.05, 0) is 67.1 Å². The van der Waals surface area contributed by atoms with Gasteiger partial charge in [0.15, 0.2) is 8.32 Å². The van der Waals surface area contributed by atoms with Crippen LogP contribution in [0.25, 0.3) is 0 Å². The first kappa shape index (κ1) is 27.3. The van der Waals surface area contributed by atoms with Gasteiger partial charge in [-0.25, -0.2) is 0 Å². The van der Waals surface area contributed by atoms with Gasteiger partial charge in [0.2, 0.25) is 0 Å². The lowest BCUT2D eigenvalue weighted by Gasteiger charge is -2.42. The smallest absolute Gasteiger partial charge is 0.192 e. The number of nitrogens with zero attached hydrogens (tertiary/aromatic N) is 1. The van der Waals surface area contributed by atoms with E-state index >= 15 is 0 Å². The highest BCUT2D eigenvalue weighted by atomic mass is 28.4. The number of fused-ring (bicyclic) bond motifs is 1. The second-order valence-electron chi connectivity index (χ2n) is 12.9. The van der Waals surface area contributed by atoms with Gasteiger partial charge < -0.3 is 9.16 Å². The van der Waals surface area contributed by atoms with Crippen LogP contribution in [0.3, 0.4) is 0 Å². The van der Waals surface area contributed by atoms with E-state index in [-0.39, 0.29) is 10.6 Å². The molecule has 2 heterocycles. The van der Waals surface area contributed by atoms with Crippen molar-refractivity contribution < 1.29 is 9.16 Å². The van der Waals surface area contributed by atoms with Crippen LogP contribution in [0.1, 0.15) is 63.1 Å². The Balaban J connectivity index is 1.46. The minimum atomic E-state index is -1.78. The summed E-state index contributed by atoms with van der Waals surface area (Å²) in [5.74, 6) is 0. The highest BCUT2D eigenvalue weighted by Gasteiger charge is 2.52. The Kier molecular flexibility index (Phi) is 7.72. The van der Waals surface area contributed by atoms with Crippen LogP contribution in [0, 0.1) is 0 Å². The van der Waals surface area contributed by atoms with Crippen LogP contribution < -0.4 is 0 Å². The van der Waals surface area contributed by atoms with Crippen molar-refractivity contribution in [3.8, 4) is 0 Å². The fraction of sp³-hybridized carbons (Fsp3) is 0.471. The molecule has 0 radical (unpaired) electrons. The third-order valence-corrected chi connectivity index (χ3v) is 14.1. The zero-order valence-corrected chi connectivity index (χ0v) is 25.0. The molecule has 202 valence electrons. The number of rotatable bonds is 9. The average molecular weight is 528 g/mol. The molecule has 4 heteroatoms. The molecule has 0 spiro atoms. The molecule has 2 atom stereocenters. The Labute approximate surface area is 231 Å². The van der Waals surface area contributed by atoms with Crippen LogP contribution in [0.15, 0.2) is 91.0 Å². The Hall–Kier alpha value is -2.24. The molecule has 2 aliphatic rings. The zero-order valence-electron chi connectivity index (χ0n) is 24.0. The van der Waals surface area contributed by atoms with E-state index in [0.29, 0.717) is 12.6 Å². The van der Waals surface area contributed by atoms with E-state index in [1.165, 1.54) is 42.4 Å². The number of ether oxygens (including phenoxy) is 1. The zero-order chi connectivity index (χ0) is 26.9. The lowest BCUT2D eigenvalue weighted by atomic mass is 9.79. The summed E-state index contributed by atoms with van der Waals surface area (Å²) in [5.41, 5.74) is 2.94. The van der Waals surface area contributed by atoms with Gasteiger partial charge >= 0.3 is 0 Å². The molecule has 0 N–H and O–H groups in total. The fourth-order valence-corrected chi connectivity index (χ4v) is 7.36. The first-order valence-corrected chi connectivity index (χ1v) is 17.3. The van der Waals surface area contributed by atoms with Crippen LogP contribution in [-0.4, -0.2) is 44.6 Å². The molecule has 0 unspecified atom stereocenters. The largest absolute Gasteiger partial charge is 0.415 e. The van der Waals surface area contributed by atoms with Crippen molar-refractivity contribution in [2.45, 2.75) is 81.8 Å². The quantitative estimate of drug-likeness (QED) is 0.208. The monoisotopic (exact) mass is 527 g/mol. The van der Waals surface area contributed by atoms with Gasteiger partial charge in [0.25, 0.3) is 0 Å². The normalized spacial score (nSPS) is 22.5. The molecule has 3 nitrogen and oxygen atoms in total. The molecular formula is C34H45NO2Si. The summed E-state index contributed by atoms with van der Waals surface area (Å²) in [6, 6.07) is 32.8. The Morgan fingerprint density at radius 3 is 1.76 bits per heavy atom. The molecular weight excluding hydrogens is 482 g/mol. The van der Waals surface area contributed by atoms with Crippen molar-refractivity contribution in [1.29, 1.82) is 0 Å². The third kappa shape index (κ3) is 5.04. The maximum atomic E-state index is 7.35. The van der Waals surface area contributed by atoms with Gasteiger partial charge in [-0.2, -0.15) is 0 Å². The van der Waals surface area contributed by atoms with E-state index in [4.69, 9.17) is 9.16 Å². The molecule has 3 aromatic rings. The molecule has 0 aliphatic carbocycles. The molecule has 2 saturated heterocycles. The van der Waals surface area contributed by atoms with Crippen LogP contribution in [-0.2, 0) is 14.8 Å². The van der Waals surface area contributed by atoms with Gasteiger partial charge in [-0.3, -0.25) is 4.90 Å². The maximum Gasteiger partial charge on any atom is 0.192 e. The topological polar surface area (TPSA) is 21.7 Å². The standard InChI is InChI=1S/C34H45NO2Si/c1-32(2,3)38(4,5)37-26-31-22-24-33(23-15-25-35(31)33)27-36-34(28-16-9-6-10-17-28,29-18-11-7-12-19-29)30-20-13-8-14-21-30/h6-14,16-21,31H,15,22-27H2,1-5H3/t31-,33-/m0/s1. The van der Waals surface area contributed by atoms with Crippen molar-refractivity contribution in [2.24, 2.45) is 0 Å². The van der Waals surface area contributed by atoms with Gasteiger partial charge in [-0.15, -0.1) is 0 Å². The van der Waals surface area contributed by atoms with Crippen molar-refractivity contribution >= 4 is 8.32 Å². The summed E-state index contributed by atoms with van der Waals surface area (Å²) >= 11 is 0. The van der Waals surface area contributed by atoms with E-state index in [0.717, 1.165) is 13.2 Å². The Bertz CT molecular complexity index is 1080. The summed E-state index contributed by atoms with van der Waals surface area (Å²) in [4.78, 5) is 2.76. The average Bonchev–Trinajstić information content (AvgIpc) is 3.49. The molecule has 0 aromatic heterocycles. The van der Waals surface area contributed by atoms with Crippen LogP contribution >= 0.6 is 0 Å². The second kappa shape index (κ2) is 10.7. The lowest BCUT2D eigenvalue weighted by Crippen LogP contribution is -2.50. The van der Waals surface area contributed by atoms with Gasteiger partial charge in [0.05, 0.1) is 6.61 Å². The first-order chi connectivity index (χ1) is 18.2. The Morgan fingerprint density at radius 1 is 0.789 bits per heavy atom. The summed E-state index contributed by atoms with van der Waals surface area (Å²) < 4.78 is 14.1. The third-order valence-electron chi connectivity index (χ3n) is 9.58. The second-order valence-corrected chi connectivity index (χ2v) is 17.7. The summed E-state index contributed by atoms with van der Waals surface area (Å²) in [6.07, 6.45) is 4.78. The van der Waals surface area contributed by atoms with Gasteiger partial charge in [0.1, 0.15) is 5.60 Å². The van der Waals surface area contributed by atoms with Crippen LogP contribution in [0.4, 0.5) is 0 Å². The highest BCUT2D eigenvalue weighted by Crippen LogP contribution is 2.47. The summed E-state index contributed by atoms with van der Waals surface area (Å²) in [6.45, 7) is 14.4. The fourth-order valence-electron chi connectivity index (χ4n) is 6.32. The lowest BCUT2D eigenvalue weighted by molar-refractivity contribution is -0.0489. The van der Waals surface area contributed by atoms with Crippen molar-refractivity contribution in [3.05, 3.63) is 108 Å². The molecule has 0 saturated carbocycles. The predicted molar refractivity (Wildman–Crippen MR) is 160 cm³/mol. The molecule has 5 rings (SSSR count). The summed E-state index contributed by atoms with van der Waals surface area (Å²) in [5, 5.41) is 0.234. The molecule has 0 amide bonds. The van der Waals surface area contributed by atoms with Crippen LogP contribution in [0.5, 0.6) is 0 Å². The number of benzene rings is 3. The minimum Gasteiger partial charge on any atom is -0.415 e. The maximum absolute atomic E-state index is 7.35. The molecule has 3 aromatic carbocycles. The van der Waals surface area contributed by atoms with Crippen molar-refractivity contribution in [2.75, 3.05) is 19.8 Å². The van der Waals surface area contributed by atoms with Crippen LogP contribution in [0.2, 0.25) is 18.1 Å². The Morgan fingerprint density at radius 2 is 1.29 bits per heavy atom. The minimum absolute atomic E-state index is 0.0745. The molecule has 0 bridgehead atoms. The molecule has 2 fully saturated rings. The van der Waals surface area contributed by atoms with E-state index in [2.05, 4.69) is 130 Å². The first-order valence-electron chi connectivity index (χ1n) is 14.4. The van der Waals surface area contributed by atoms with E-state index < -0.39 is 13.9 Å².